The van der Waals surface area contributed by atoms with Gasteiger partial charge in [-0.25, -0.2) is 4.98 Å². The smallest absolute Gasteiger partial charge is 0.230 e. The van der Waals surface area contributed by atoms with E-state index in [1.54, 1.807) is 6.26 Å². The molecule has 2 atom stereocenters. The van der Waals surface area contributed by atoms with Crippen LogP contribution >= 0.6 is 11.3 Å². The molecule has 4 rings (SSSR count). The van der Waals surface area contributed by atoms with Crippen LogP contribution in [0.4, 0.5) is 0 Å². The third kappa shape index (κ3) is 2.53. The first-order valence-electron chi connectivity index (χ1n) is 7.96. The first-order chi connectivity index (χ1) is 11.1. The van der Waals surface area contributed by atoms with E-state index in [9.17, 15) is 5.11 Å². The van der Waals surface area contributed by atoms with Crippen LogP contribution in [0.25, 0.3) is 4.96 Å². The van der Waals surface area contributed by atoms with Gasteiger partial charge in [0, 0.05) is 6.54 Å². The van der Waals surface area contributed by atoms with Gasteiger partial charge in [0.25, 0.3) is 0 Å². The standard InChI is InChI=1S/C16H20N4O2S/c1-10-5-3-7-19(9-10)13(12-6-4-8-22-12)14-15(21)20-16(23-14)17-11(2)18-20/h4,6,8,10,13,21H,3,5,7,9H2,1-2H3. The summed E-state index contributed by atoms with van der Waals surface area (Å²) in [6.45, 7) is 6.10. The zero-order valence-electron chi connectivity index (χ0n) is 13.3. The average molecular weight is 332 g/mol. The molecule has 1 saturated heterocycles. The molecule has 0 aromatic carbocycles. The maximum absolute atomic E-state index is 10.7. The highest BCUT2D eigenvalue weighted by Crippen LogP contribution is 2.41. The van der Waals surface area contributed by atoms with Crippen molar-refractivity contribution in [1.82, 2.24) is 19.5 Å². The largest absolute Gasteiger partial charge is 0.492 e. The molecule has 0 amide bonds. The van der Waals surface area contributed by atoms with Crippen LogP contribution in [0, 0.1) is 12.8 Å². The molecule has 3 aromatic heterocycles. The number of aryl methyl sites for hydroxylation is 1. The maximum Gasteiger partial charge on any atom is 0.230 e. The number of aromatic hydroxyl groups is 1. The number of furan rings is 1. The Kier molecular flexibility index (Phi) is 3.61. The molecule has 2 unspecified atom stereocenters. The van der Waals surface area contributed by atoms with Gasteiger partial charge < -0.3 is 9.52 Å². The molecular weight excluding hydrogens is 312 g/mol. The Morgan fingerprint density at radius 3 is 3.04 bits per heavy atom. The van der Waals surface area contributed by atoms with Gasteiger partial charge in [0.15, 0.2) is 0 Å². The molecule has 0 bridgehead atoms. The van der Waals surface area contributed by atoms with Crippen LogP contribution in [-0.4, -0.2) is 37.7 Å². The van der Waals surface area contributed by atoms with Crippen LogP contribution in [0.5, 0.6) is 5.88 Å². The van der Waals surface area contributed by atoms with Gasteiger partial charge in [-0.3, -0.25) is 4.90 Å². The highest BCUT2D eigenvalue weighted by molar-refractivity contribution is 7.17. The number of hydrogen-bond acceptors (Lipinski definition) is 6. The van der Waals surface area contributed by atoms with E-state index in [4.69, 9.17) is 4.42 Å². The van der Waals surface area contributed by atoms with E-state index in [1.807, 2.05) is 19.1 Å². The number of hydrogen-bond donors (Lipinski definition) is 1. The average Bonchev–Trinajstić information content (AvgIpc) is 3.21. The van der Waals surface area contributed by atoms with Crippen LogP contribution < -0.4 is 0 Å². The zero-order valence-corrected chi connectivity index (χ0v) is 14.1. The second kappa shape index (κ2) is 5.65. The number of thiazole rings is 1. The lowest BCUT2D eigenvalue weighted by Crippen LogP contribution is -2.37. The van der Waals surface area contributed by atoms with Crippen molar-refractivity contribution in [3.63, 3.8) is 0 Å². The quantitative estimate of drug-likeness (QED) is 0.798. The Bertz CT molecular complexity index is 808. The Hall–Kier alpha value is -1.86. The highest BCUT2D eigenvalue weighted by atomic mass is 32.1. The fourth-order valence-corrected chi connectivity index (χ4v) is 4.55. The van der Waals surface area contributed by atoms with Gasteiger partial charge in [-0.15, -0.1) is 5.10 Å². The first-order valence-corrected chi connectivity index (χ1v) is 8.77. The van der Waals surface area contributed by atoms with E-state index < -0.39 is 0 Å². The van der Waals surface area contributed by atoms with Crippen molar-refractivity contribution in [2.75, 3.05) is 13.1 Å². The topological polar surface area (TPSA) is 66.8 Å². The van der Waals surface area contributed by atoms with Gasteiger partial charge in [-0.2, -0.15) is 4.52 Å². The molecule has 0 aliphatic carbocycles. The van der Waals surface area contributed by atoms with E-state index in [0.717, 1.165) is 28.7 Å². The normalized spacial score (nSPS) is 21.0. The summed E-state index contributed by atoms with van der Waals surface area (Å²) >= 11 is 1.48. The predicted octanol–water partition coefficient (Wildman–Crippen LogP) is 3.22. The number of likely N-dealkylation sites (tertiary alicyclic amines) is 1. The lowest BCUT2D eigenvalue weighted by Gasteiger charge is -2.35. The van der Waals surface area contributed by atoms with E-state index in [2.05, 4.69) is 21.9 Å². The van der Waals surface area contributed by atoms with Crippen molar-refractivity contribution >= 4 is 16.3 Å². The van der Waals surface area contributed by atoms with E-state index >= 15 is 0 Å². The third-order valence-electron chi connectivity index (χ3n) is 4.42. The number of piperidine rings is 1. The van der Waals surface area contributed by atoms with Gasteiger partial charge in [0.2, 0.25) is 10.8 Å². The molecule has 0 saturated carbocycles. The van der Waals surface area contributed by atoms with Crippen molar-refractivity contribution in [3.8, 4) is 5.88 Å². The van der Waals surface area contributed by atoms with Crippen LogP contribution in [0.1, 0.15) is 42.3 Å². The number of fused-ring (bicyclic) bond motifs is 1. The number of aromatic nitrogens is 3. The molecule has 1 N–H and O–H groups in total. The summed E-state index contributed by atoms with van der Waals surface area (Å²) in [6.07, 6.45) is 4.11. The summed E-state index contributed by atoms with van der Waals surface area (Å²) < 4.78 is 7.22. The summed E-state index contributed by atoms with van der Waals surface area (Å²) in [6, 6.07) is 3.79. The van der Waals surface area contributed by atoms with Crippen LogP contribution in [0.15, 0.2) is 22.8 Å². The monoisotopic (exact) mass is 332 g/mol. The Morgan fingerprint density at radius 2 is 2.35 bits per heavy atom. The van der Waals surface area contributed by atoms with Gasteiger partial charge in [-0.05, 0) is 44.4 Å². The number of nitrogens with zero attached hydrogens (tertiary/aromatic N) is 4. The van der Waals surface area contributed by atoms with Gasteiger partial charge >= 0.3 is 0 Å². The molecule has 1 aliphatic heterocycles. The second-order valence-electron chi connectivity index (χ2n) is 6.30. The minimum atomic E-state index is -0.0819. The molecule has 0 radical (unpaired) electrons. The zero-order chi connectivity index (χ0) is 16.0. The lowest BCUT2D eigenvalue weighted by atomic mass is 9.97. The van der Waals surface area contributed by atoms with Crippen LogP contribution in [-0.2, 0) is 0 Å². The SMILES string of the molecule is Cc1nc2sc(C(c3ccco3)N3CCCC(C)C3)c(O)n2n1. The molecule has 1 aliphatic rings. The number of rotatable bonds is 3. The highest BCUT2D eigenvalue weighted by Gasteiger charge is 2.33. The van der Waals surface area contributed by atoms with Crippen molar-refractivity contribution in [1.29, 1.82) is 0 Å². The second-order valence-corrected chi connectivity index (χ2v) is 7.31. The van der Waals surface area contributed by atoms with Gasteiger partial charge in [-0.1, -0.05) is 18.3 Å². The summed E-state index contributed by atoms with van der Waals surface area (Å²) in [4.78, 5) is 8.34. The van der Waals surface area contributed by atoms with Gasteiger partial charge in [0.1, 0.15) is 17.6 Å². The molecular formula is C16H20N4O2S. The first kappa shape index (κ1) is 14.7. The van der Waals surface area contributed by atoms with Crippen LogP contribution in [0.2, 0.25) is 0 Å². The lowest BCUT2D eigenvalue weighted by molar-refractivity contribution is 0.136. The van der Waals surface area contributed by atoms with Crippen molar-refractivity contribution in [3.05, 3.63) is 34.9 Å². The Balaban J connectivity index is 1.80. The Labute approximate surface area is 138 Å². The minimum Gasteiger partial charge on any atom is -0.492 e. The maximum atomic E-state index is 10.7. The minimum absolute atomic E-state index is 0.0819. The summed E-state index contributed by atoms with van der Waals surface area (Å²) in [5.41, 5.74) is 0. The fourth-order valence-electron chi connectivity index (χ4n) is 3.41. The van der Waals surface area contributed by atoms with Crippen molar-refractivity contribution < 1.29 is 9.52 Å². The molecule has 3 aromatic rings. The summed E-state index contributed by atoms with van der Waals surface area (Å²) in [5, 5.41) is 14.9. The van der Waals surface area contributed by atoms with E-state index in [0.29, 0.717) is 11.7 Å². The van der Waals surface area contributed by atoms with Crippen molar-refractivity contribution in [2.24, 2.45) is 5.92 Å². The Morgan fingerprint density at radius 1 is 1.48 bits per heavy atom. The molecule has 0 spiro atoms. The van der Waals surface area contributed by atoms with Gasteiger partial charge in [0.05, 0.1) is 11.1 Å². The van der Waals surface area contributed by atoms with E-state index in [1.165, 1.54) is 28.7 Å². The van der Waals surface area contributed by atoms with Crippen molar-refractivity contribution in [2.45, 2.75) is 32.7 Å². The third-order valence-corrected chi connectivity index (χ3v) is 5.49. The molecule has 6 nitrogen and oxygen atoms in total. The summed E-state index contributed by atoms with van der Waals surface area (Å²) in [5.74, 6) is 2.34. The molecule has 23 heavy (non-hydrogen) atoms. The predicted molar refractivity (Wildman–Crippen MR) is 87.8 cm³/mol. The molecule has 4 heterocycles. The van der Waals surface area contributed by atoms with Crippen LogP contribution in [0.3, 0.4) is 0 Å². The summed E-state index contributed by atoms with van der Waals surface area (Å²) in [7, 11) is 0. The molecule has 1 fully saturated rings. The molecule has 122 valence electrons. The fraction of sp³-hybridized carbons (Fsp3) is 0.500. The molecule has 7 heteroatoms. The van der Waals surface area contributed by atoms with E-state index in [-0.39, 0.29) is 11.9 Å².